The average molecular weight is 251 g/mol. The summed E-state index contributed by atoms with van der Waals surface area (Å²) in [5.74, 6) is -0.921. The van der Waals surface area contributed by atoms with Crippen molar-refractivity contribution in [1.82, 2.24) is 0 Å². The van der Waals surface area contributed by atoms with Crippen LogP contribution in [-0.2, 0) is 14.3 Å². The van der Waals surface area contributed by atoms with Gasteiger partial charge in [-0.3, -0.25) is 4.79 Å². The minimum Gasteiger partial charge on any atom is -0.466 e. The lowest BCUT2D eigenvalue weighted by atomic mass is 10.3. The number of thioether (sulfide) groups is 1. The summed E-state index contributed by atoms with van der Waals surface area (Å²) in [4.78, 5) is 23.2. The summed E-state index contributed by atoms with van der Waals surface area (Å²) in [6.07, 6.45) is 4.15. The van der Waals surface area contributed by atoms with Crippen LogP contribution < -0.4 is 5.32 Å². The van der Waals surface area contributed by atoms with Gasteiger partial charge in [-0.15, -0.1) is 11.8 Å². The summed E-state index contributed by atoms with van der Waals surface area (Å²) in [7, 11) is 1.26. The van der Waals surface area contributed by atoms with E-state index in [1.165, 1.54) is 18.9 Å². The Labute approximate surface area is 104 Å². The molecule has 0 atom stereocenters. The number of hydrogen-bond acceptors (Lipinski definition) is 4. The van der Waals surface area contributed by atoms with Gasteiger partial charge in [-0.1, -0.05) is 12.1 Å². The zero-order valence-corrected chi connectivity index (χ0v) is 10.4. The highest BCUT2D eigenvalue weighted by Crippen LogP contribution is 2.24. The first-order chi connectivity index (χ1) is 8.17. The molecule has 0 unspecified atom stereocenters. The van der Waals surface area contributed by atoms with Crippen LogP contribution in [0.15, 0.2) is 41.3 Å². The van der Waals surface area contributed by atoms with Crippen LogP contribution in [0.25, 0.3) is 0 Å². The van der Waals surface area contributed by atoms with Gasteiger partial charge >= 0.3 is 5.97 Å². The van der Waals surface area contributed by atoms with Crippen molar-refractivity contribution >= 4 is 29.3 Å². The SMILES string of the molecule is COC(=O)/C=C/C(=O)Nc1ccccc1SC. The largest absolute Gasteiger partial charge is 0.466 e. The number of rotatable bonds is 4. The molecule has 0 saturated heterocycles. The van der Waals surface area contributed by atoms with Gasteiger partial charge < -0.3 is 10.1 Å². The molecule has 17 heavy (non-hydrogen) atoms. The zero-order valence-electron chi connectivity index (χ0n) is 9.60. The minimum atomic E-state index is -0.557. The fourth-order valence-electron chi connectivity index (χ4n) is 1.13. The maximum Gasteiger partial charge on any atom is 0.330 e. The van der Waals surface area contributed by atoms with Gasteiger partial charge in [-0.05, 0) is 18.4 Å². The smallest absolute Gasteiger partial charge is 0.330 e. The number of esters is 1. The van der Waals surface area contributed by atoms with Crippen LogP contribution in [0.1, 0.15) is 0 Å². The number of carbonyl (C=O) groups is 2. The van der Waals surface area contributed by atoms with Crippen molar-refractivity contribution in [3.05, 3.63) is 36.4 Å². The molecule has 0 fully saturated rings. The number of anilines is 1. The highest BCUT2D eigenvalue weighted by atomic mass is 32.2. The standard InChI is InChI=1S/C12H13NO3S/c1-16-12(15)8-7-11(14)13-9-5-3-4-6-10(9)17-2/h3-8H,1-2H3,(H,13,14)/b8-7+. The lowest BCUT2D eigenvalue weighted by Crippen LogP contribution is -2.09. The number of methoxy groups -OCH3 is 1. The van der Waals surface area contributed by atoms with E-state index in [9.17, 15) is 9.59 Å². The van der Waals surface area contributed by atoms with Gasteiger partial charge in [0.15, 0.2) is 0 Å². The van der Waals surface area contributed by atoms with E-state index in [0.717, 1.165) is 22.7 Å². The number of hydrogen-bond donors (Lipinski definition) is 1. The van der Waals surface area contributed by atoms with Gasteiger partial charge in [0.05, 0.1) is 12.8 Å². The molecular weight excluding hydrogens is 238 g/mol. The molecule has 0 heterocycles. The molecule has 1 aromatic rings. The molecule has 0 bridgehead atoms. The molecule has 0 saturated carbocycles. The predicted octanol–water partition coefficient (Wildman–Crippen LogP) is 2.08. The van der Waals surface area contributed by atoms with Gasteiger partial charge in [-0.2, -0.15) is 0 Å². The second-order valence-electron chi connectivity index (χ2n) is 3.05. The Morgan fingerprint density at radius 3 is 2.65 bits per heavy atom. The Hall–Kier alpha value is -1.75. The predicted molar refractivity (Wildman–Crippen MR) is 68.0 cm³/mol. The van der Waals surface area contributed by atoms with Crippen molar-refractivity contribution in [1.29, 1.82) is 0 Å². The van der Waals surface area contributed by atoms with E-state index in [0.29, 0.717) is 0 Å². The molecule has 0 aromatic heterocycles. The van der Waals surface area contributed by atoms with Gasteiger partial charge in [-0.25, -0.2) is 4.79 Å². The van der Waals surface area contributed by atoms with Crippen molar-refractivity contribution in [2.75, 3.05) is 18.7 Å². The molecule has 1 N–H and O–H groups in total. The van der Waals surface area contributed by atoms with Crippen LogP contribution in [0.5, 0.6) is 0 Å². The number of para-hydroxylation sites is 1. The van der Waals surface area contributed by atoms with E-state index < -0.39 is 5.97 Å². The molecule has 1 rings (SSSR count). The molecule has 0 radical (unpaired) electrons. The second-order valence-corrected chi connectivity index (χ2v) is 3.89. The fourth-order valence-corrected chi connectivity index (χ4v) is 1.69. The van der Waals surface area contributed by atoms with Crippen LogP contribution >= 0.6 is 11.8 Å². The number of benzene rings is 1. The summed E-state index contributed by atoms with van der Waals surface area (Å²) in [6.45, 7) is 0. The Morgan fingerprint density at radius 1 is 1.29 bits per heavy atom. The summed E-state index contributed by atoms with van der Waals surface area (Å²) in [6, 6.07) is 7.44. The summed E-state index contributed by atoms with van der Waals surface area (Å²) < 4.78 is 4.39. The summed E-state index contributed by atoms with van der Waals surface area (Å²) in [5.41, 5.74) is 0.722. The third-order valence-corrected chi connectivity index (χ3v) is 2.73. The molecule has 90 valence electrons. The molecule has 1 amide bonds. The summed E-state index contributed by atoms with van der Waals surface area (Å²) in [5, 5.41) is 2.69. The van der Waals surface area contributed by atoms with Crippen molar-refractivity contribution in [2.24, 2.45) is 0 Å². The molecule has 5 heteroatoms. The number of ether oxygens (including phenoxy) is 1. The highest BCUT2D eigenvalue weighted by Gasteiger charge is 2.03. The molecule has 4 nitrogen and oxygen atoms in total. The van der Waals surface area contributed by atoms with Crippen LogP contribution in [0.4, 0.5) is 5.69 Å². The molecule has 1 aromatic carbocycles. The van der Waals surface area contributed by atoms with E-state index in [4.69, 9.17) is 0 Å². The van der Waals surface area contributed by atoms with Crippen molar-refractivity contribution < 1.29 is 14.3 Å². The Morgan fingerprint density at radius 2 is 2.00 bits per heavy atom. The average Bonchev–Trinajstić information content (AvgIpc) is 2.36. The normalized spacial score (nSPS) is 10.2. The first-order valence-electron chi connectivity index (χ1n) is 4.87. The molecule has 0 spiro atoms. The topological polar surface area (TPSA) is 55.4 Å². The molecule has 0 aliphatic heterocycles. The fraction of sp³-hybridized carbons (Fsp3) is 0.167. The lowest BCUT2D eigenvalue weighted by molar-refractivity contribution is -0.135. The molecular formula is C12H13NO3S. The van der Waals surface area contributed by atoms with Gasteiger partial charge in [0.25, 0.3) is 0 Å². The van der Waals surface area contributed by atoms with Gasteiger partial charge in [0.1, 0.15) is 0 Å². The number of carbonyl (C=O) groups excluding carboxylic acids is 2. The lowest BCUT2D eigenvalue weighted by Gasteiger charge is -2.06. The van der Waals surface area contributed by atoms with E-state index in [1.807, 2.05) is 24.5 Å². The van der Waals surface area contributed by atoms with Crippen LogP contribution in [0, 0.1) is 0 Å². The number of amides is 1. The second kappa shape index (κ2) is 6.75. The van der Waals surface area contributed by atoms with Crippen molar-refractivity contribution in [3.8, 4) is 0 Å². The Kier molecular flexibility index (Phi) is 5.29. The monoisotopic (exact) mass is 251 g/mol. The highest BCUT2D eigenvalue weighted by molar-refractivity contribution is 7.98. The Bertz CT molecular complexity index is 443. The molecule has 0 aliphatic rings. The van der Waals surface area contributed by atoms with Gasteiger partial charge in [0.2, 0.25) is 5.91 Å². The van der Waals surface area contributed by atoms with Crippen molar-refractivity contribution in [3.63, 3.8) is 0 Å². The van der Waals surface area contributed by atoms with Crippen LogP contribution in [0.2, 0.25) is 0 Å². The Balaban J connectivity index is 2.68. The van der Waals surface area contributed by atoms with Crippen LogP contribution in [-0.4, -0.2) is 25.2 Å². The van der Waals surface area contributed by atoms with Crippen molar-refractivity contribution in [2.45, 2.75) is 4.90 Å². The van der Waals surface area contributed by atoms with E-state index in [-0.39, 0.29) is 5.91 Å². The summed E-state index contributed by atoms with van der Waals surface area (Å²) >= 11 is 1.54. The number of nitrogens with one attached hydrogen (secondary N) is 1. The quantitative estimate of drug-likeness (QED) is 0.505. The van der Waals surface area contributed by atoms with Gasteiger partial charge in [0, 0.05) is 17.0 Å². The zero-order chi connectivity index (χ0) is 12.7. The first kappa shape index (κ1) is 13.3. The maximum absolute atomic E-state index is 11.5. The van der Waals surface area contributed by atoms with E-state index >= 15 is 0 Å². The first-order valence-corrected chi connectivity index (χ1v) is 6.10. The molecule has 0 aliphatic carbocycles. The van der Waals surface area contributed by atoms with E-state index in [2.05, 4.69) is 10.1 Å². The maximum atomic E-state index is 11.5. The van der Waals surface area contributed by atoms with E-state index in [1.54, 1.807) is 6.07 Å². The third kappa shape index (κ3) is 4.32. The van der Waals surface area contributed by atoms with Crippen LogP contribution in [0.3, 0.4) is 0 Å². The third-order valence-electron chi connectivity index (χ3n) is 1.94. The minimum absolute atomic E-state index is 0.364.